The van der Waals surface area contributed by atoms with Gasteiger partial charge in [0.05, 0.1) is 97.4 Å². The molecule has 0 heterocycles. The molecule has 0 bridgehead atoms. The van der Waals surface area contributed by atoms with Crippen LogP contribution < -0.4 is 31.9 Å². The largest absolute Gasteiger partial charge is 0.462 e. The average molecular weight is 1880 g/mol. The van der Waals surface area contributed by atoms with Gasteiger partial charge in [-0.25, -0.2) is 57.5 Å². The lowest BCUT2D eigenvalue weighted by Crippen LogP contribution is -2.27. The predicted octanol–water partition coefficient (Wildman–Crippen LogP) is 23.0. The molecule has 0 saturated carbocycles. The summed E-state index contributed by atoms with van der Waals surface area (Å²) in [7, 11) is 0. The van der Waals surface area contributed by atoms with Crippen molar-refractivity contribution in [3.05, 3.63) is 213 Å². The minimum absolute atomic E-state index is 0.0422. The Bertz CT molecular complexity index is 4500. The third-order valence-electron chi connectivity index (χ3n) is 19.8. The molecule has 0 saturated heterocycles. The Labute approximate surface area is 795 Å². The first kappa shape index (κ1) is 109. The number of ether oxygens (including phenoxy) is 12. The van der Waals surface area contributed by atoms with Crippen molar-refractivity contribution in [2.45, 2.75) is 260 Å². The van der Waals surface area contributed by atoms with Gasteiger partial charge in [0, 0.05) is 45.3 Å². The number of unbranched alkanes of at least 4 members (excludes halogenated alkanes) is 20. The molecule has 7 aromatic carbocycles. The molecule has 0 aliphatic rings. The summed E-state index contributed by atoms with van der Waals surface area (Å²) in [6, 6.07) is 38.8. The highest BCUT2D eigenvalue weighted by molar-refractivity contribution is 6.09. The number of hydrogen-bond donors (Lipinski definition) is 6. The van der Waals surface area contributed by atoms with E-state index < -0.39 is 106 Å². The highest BCUT2D eigenvalue weighted by Crippen LogP contribution is 2.26. The molecule has 0 radical (unpaired) electrons. The maximum absolute atomic E-state index is 14.1. The molecule has 7 aromatic rings. The summed E-state index contributed by atoms with van der Waals surface area (Å²) in [5.41, 5.74) is 0.577. The number of benzene rings is 7. The summed E-state index contributed by atoms with van der Waals surface area (Å²) >= 11 is 0. The Hall–Kier alpha value is -13.7. The van der Waals surface area contributed by atoms with Crippen LogP contribution in [-0.4, -0.2) is 159 Å². The molecule has 7 rings (SSSR count). The Morgan fingerprint density at radius 3 is 0.485 bits per heavy atom. The van der Waals surface area contributed by atoms with Gasteiger partial charge in [-0.2, -0.15) is 0 Å². The van der Waals surface area contributed by atoms with E-state index in [0.29, 0.717) is 122 Å². The van der Waals surface area contributed by atoms with Gasteiger partial charge in [0.25, 0.3) is 11.8 Å². The molecule has 0 atom stereocenters. The Morgan fingerprint density at radius 2 is 0.324 bits per heavy atom. The first-order chi connectivity index (χ1) is 64.7. The summed E-state index contributed by atoms with van der Waals surface area (Å²) in [4.78, 5) is 183. The topological polar surface area (TPSA) is 422 Å². The van der Waals surface area contributed by atoms with E-state index >= 15 is 0 Å². The Morgan fingerprint density at radius 1 is 0.176 bits per heavy atom. The lowest BCUT2D eigenvalue weighted by molar-refractivity contribution is 0.0476. The molecular weight excluding hydrogens is 1750 g/mol. The first-order valence-corrected chi connectivity index (χ1v) is 46.5. The zero-order valence-electron chi connectivity index (χ0n) is 80.3. The number of hydrogen-bond acceptors (Lipinski definition) is 26. The standard InChI is InChI=1S/C104H132N6O26/c1-101(2,3)133-97(121)107-81-49-41-73(42-50-81)89(113)125-57-29-21-13-17-25-33-61-129-93(117)77-65-78(94(118)130-62-34-26-18-14-22-30-58-126-90(114)74-43-51-82(52-44-74)108-98(122)134-102(4,5)6)68-85(67-77)105-87(111)71-37-39-72(40-38-71)88(112)106-86-69-79(95(119)131-63-35-27-19-15-23-31-59-127-91(115)75-45-53-83(54-46-75)109-99(123)135-103(7,8)9)66-80(70-86)96(120)132-64-36-28-20-16-24-32-60-128-92(116)76-47-55-84(56-48-76)110-100(124)136-104(10,11)12/h37-56,65-70H,13-36,57-64H2,1-12H3,(H,105,111)(H,106,112)(H,107,121)(H,108,122)(H,109,123)(H,110,124). The molecule has 0 aliphatic carbocycles. The van der Waals surface area contributed by atoms with E-state index in [9.17, 15) is 67.1 Å². The smallest absolute Gasteiger partial charge is 0.412 e. The fourth-order valence-corrected chi connectivity index (χ4v) is 13.1. The number of anilines is 6. The molecule has 32 nitrogen and oxygen atoms in total. The molecule has 0 unspecified atom stereocenters. The van der Waals surface area contributed by atoms with Gasteiger partial charge >= 0.3 is 72.1 Å². The zero-order chi connectivity index (χ0) is 99.1. The van der Waals surface area contributed by atoms with Crippen molar-refractivity contribution in [2.24, 2.45) is 0 Å². The molecule has 6 amide bonds. The van der Waals surface area contributed by atoms with E-state index in [-0.39, 0.29) is 97.6 Å². The number of nitrogens with one attached hydrogen (secondary N) is 6. The van der Waals surface area contributed by atoms with Crippen LogP contribution in [0.5, 0.6) is 0 Å². The van der Waals surface area contributed by atoms with Crippen LogP contribution in [0.4, 0.5) is 53.3 Å². The number of carbonyl (C=O) groups excluding carboxylic acids is 14. The van der Waals surface area contributed by atoms with Gasteiger partial charge < -0.3 is 67.5 Å². The van der Waals surface area contributed by atoms with Gasteiger partial charge in [-0.15, -0.1) is 0 Å². The van der Waals surface area contributed by atoms with E-state index in [1.807, 2.05) is 0 Å². The van der Waals surface area contributed by atoms with E-state index in [2.05, 4.69) is 31.9 Å². The van der Waals surface area contributed by atoms with E-state index in [4.69, 9.17) is 56.8 Å². The van der Waals surface area contributed by atoms with Crippen molar-refractivity contribution in [1.82, 2.24) is 0 Å². The van der Waals surface area contributed by atoms with Crippen molar-refractivity contribution < 1.29 is 124 Å². The molecule has 32 heteroatoms. The fraction of sp³-hybridized carbons (Fsp3) is 0.462. The van der Waals surface area contributed by atoms with E-state index in [0.717, 1.165) is 77.0 Å². The summed E-state index contributed by atoms with van der Waals surface area (Å²) in [6.45, 7) is 22.1. The summed E-state index contributed by atoms with van der Waals surface area (Å²) in [5.74, 6) is -6.37. The van der Waals surface area contributed by atoms with Gasteiger partial charge in [0.1, 0.15) is 22.4 Å². The average Bonchev–Trinajstić information content (AvgIpc) is 0.823. The lowest BCUT2D eigenvalue weighted by atomic mass is 10.1. The summed E-state index contributed by atoms with van der Waals surface area (Å²) in [6.07, 6.45) is 14.6. The van der Waals surface area contributed by atoms with Gasteiger partial charge in [-0.3, -0.25) is 30.9 Å². The maximum Gasteiger partial charge on any atom is 0.412 e. The van der Waals surface area contributed by atoms with Gasteiger partial charge in [-0.1, -0.05) is 103 Å². The van der Waals surface area contributed by atoms with E-state index in [1.54, 1.807) is 180 Å². The minimum atomic E-state index is -0.760. The Kier molecular flexibility index (Phi) is 45.4. The molecular formula is C104H132N6O26. The molecule has 734 valence electrons. The summed E-state index contributed by atoms with van der Waals surface area (Å²) in [5, 5.41) is 16.0. The van der Waals surface area contributed by atoms with Crippen LogP contribution >= 0.6 is 0 Å². The van der Waals surface area contributed by atoms with E-state index in [1.165, 1.54) is 60.7 Å². The maximum atomic E-state index is 14.1. The third kappa shape index (κ3) is 44.4. The highest BCUT2D eigenvalue weighted by Gasteiger charge is 2.25. The normalized spacial score (nSPS) is 11.3. The SMILES string of the molecule is CC(C)(C)OC(=O)Nc1ccc(C(=O)OCCCCCCCCOC(=O)c2cc(NC(=O)c3ccc(C(=O)Nc4cc(C(=O)OCCCCCCCCOC(=O)c5ccc(NC(=O)OC(C)(C)C)cc5)cc(C(=O)OCCCCCCCCOC(=O)c5ccc(NC(=O)OC(C)(C)C)cc5)c4)cc3)cc(C(=O)OCCCCCCCCOC(=O)c3ccc(NC(=O)OC(C)(C)C)cc3)c2)cc1. The number of amides is 6. The molecule has 0 aromatic heterocycles. The van der Waals surface area contributed by atoms with Gasteiger partial charge in [0.2, 0.25) is 0 Å². The van der Waals surface area contributed by atoms with Crippen LogP contribution in [-0.2, 0) is 56.8 Å². The fourth-order valence-electron chi connectivity index (χ4n) is 13.1. The second kappa shape index (κ2) is 56.5. The van der Waals surface area contributed by atoms with Crippen LogP contribution in [0, 0.1) is 0 Å². The van der Waals surface area contributed by atoms with Crippen molar-refractivity contribution in [3.8, 4) is 0 Å². The monoisotopic (exact) mass is 1880 g/mol. The van der Waals surface area contributed by atoms with Gasteiger partial charge in [-0.05, 0) is 292 Å². The zero-order valence-corrected chi connectivity index (χ0v) is 80.3. The Balaban J connectivity index is 0.912. The molecule has 136 heavy (non-hydrogen) atoms. The number of esters is 8. The molecule has 0 fully saturated rings. The van der Waals surface area contributed by atoms with Crippen molar-refractivity contribution in [2.75, 3.05) is 84.8 Å². The minimum Gasteiger partial charge on any atom is -0.462 e. The number of carbonyl (C=O) groups is 14. The van der Waals surface area contributed by atoms with Crippen molar-refractivity contribution in [3.63, 3.8) is 0 Å². The predicted molar refractivity (Wildman–Crippen MR) is 513 cm³/mol. The first-order valence-electron chi connectivity index (χ1n) is 46.5. The number of rotatable bonds is 52. The third-order valence-corrected chi connectivity index (χ3v) is 19.8. The highest BCUT2D eigenvalue weighted by atomic mass is 16.6. The molecule has 0 aliphatic heterocycles. The summed E-state index contributed by atoms with van der Waals surface area (Å²) < 4.78 is 65.7. The quantitative estimate of drug-likeness (QED) is 0.0117. The second-order valence-electron chi connectivity index (χ2n) is 36.5. The second-order valence-corrected chi connectivity index (χ2v) is 36.5. The van der Waals surface area contributed by atoms with Crippen LogP contribution in [0.1, 0.15) is 341 Å². The van der Waals surface area contributed by atoms with Crippen LogP contribution in [0.2, 0.25) is 0 Å². The van der Waals surface area contributed by atoms with Crippen molar-refractivity contribution >= 4 is 118 Å². The van der Waals surface area contributed by atoms with Crippen LogP contribution in [0.25, 0.3) is 0 Å². The lowest BCUT2D eigenvalue weighted by Gasteiger charge is -2.19. The van der Waals surface area contributed by atoms with Crippen LogP contribution in [0.3, 0.4) is 0 Å². The molecule has 6 N–H and O–H groups in total. The molecule has 0 spiro atoms. The van der Waals surface area contributed by atoms with Gasteiger partial charge in [0.15, 0.2) is 0 Å². The van der Waals surface area contributed by atoms with Crippen LogP contribution in [0.15, 0.2) is 158 Å². The van der Waals surface area contributed by atoms with Crippen molar-refractivity contribution in [1.29, 1.82) is 0 Å².